The molecule has 0 unspecified atom stereocenters. The molecule has 1 aliphatic heterocycles. The van der Waals surface area contributed by atoms with Crippen molar-refractivity contribution in [3.63, 3.8) is 0 Å². The maximum Gasteiger partial charge on any atom is 0.0195 e. The first-order chi connectivity index (χ1) is 6.13. The van der Waals surface area contributed by atoms with Crippen LogP contribution < -0.4 is 0 Å². The number of piperazine rings is 1. The van der Waals surface area contributed by atoms with Crippen LogP contribution in [0.3, 0.4) is 0 Å². The summed E-state index contributed by atoms with van der Waals surface area (Å²) in [6, 6.07) is 0.748. The van der Waals surface area contributed by atoms with Crippen LogP contribution in [0.5, 0.6) is 0 Å². The van der Waals surface area contributed by atoms with E-state index in [-0.39, 0.29) is 0 Å². The van der Waals surface area contributed by atoms with Gasteiger partial charge in [-0.05, 0) is 19.4 Å². The molecule has 78 valence electrons. The lowest BCUT2D eigenvalue weighted by Crippen LogP contribution is -2.52. The molecule has 13 heavy (non-hydrogen) atoms. The van der Waals surface area contributed by atoms with Gasteiger partial charge in [0.1, 0.15) is 0 Å². The van der Waals surface area contributed by atoms with Gasteiger partial charge >= 0.3 is 0 Å². The molecule has 2 heteroatoms. The van der Waals surface area contributed by atoms with Gasteiger partial charge in [0.05, 0.1) is 0 Å². The van der Waals surface area contributed by atoms with Crippen LogP contribution in [0.1, 0.15) is 27.7 Å². The summed E-state index contributed by atoms with van der Waals surface area (Å²) >= 11 is 0. The zero-order valence-corrected chi connectivity index (χ0v) is 9.58. The molecule has 1 heterocycles. The first-order valence-electron chi connectivity index (χ1n) is 5.59. The Labute approximate surface area is 82.9 Å². The fourth-order valence-electron chi connectivity index (χ4n) is 2.22. The fourth-order valence-corrected chi connectivity index (χ4v) is 2.22. The Morgan fingerprint density at radius 2 is 2.00 bits per heavy atom. The molecule has 1 saturated heterocycles. The van der Waals surface area contributed by atoms with Crippen LogP contribution in [-0.4, -0.2) is 48.6 Å². The van der Waals surface area contributed by atoms with E-state index in [1.807, 2.05) is 0 Å². The third-order valence-electron chi connectivity index (χ3n) is 2.88. The van der Waals surface area contributed by atoms with Crippen molar-refractivity contribution in [2.24, 2.45) is 5.92 Å². The molecule has 0 aromatic rings. The van der Waals surface area contributed by atoms with E-state index >= 15 is 0 Å². The third-order valence-corrected chi connectivity index (χ3v) is 2.88. The average molecular weight is 184 g/mol. The first-order valence-corrected chi connectivity index (χ1v) is 5.59. The molecule has 0 spiro atoms. The van der Waals surface area contributed by atoms with Gasteiger partial charge in [0.25, 0.3) is 0 Å². The minimum atomic E-state index is 0.748. The molecule has 0 radical (unpaired) electrons. The van der Waals surface area contributed by atoms with Crippen LogP contribution in [0.2, 0.25) is 0 Å². The molecule has 1 aliphatic rings. The molecular formula is C11H24N2. The standard InChI is InChI=1S/C11H24N2/c1-5-13-7-6-12(8-10(2)3)9-11(13)4/h10-11H,5-9H2,1-4H3/t11-/m1/s1. The van der Waals surface area contributed by atoms with Gasteiger partial charge in [0.2, 0.25) is 0 Å². The van der Waals surface area contributed by atoms with E-state index in [9.17, 15) is 0 Å². The van der Waals surface area contributed by atoms with Crippen LogP contribution in [0.25, 0.3) is 0 Å². The van der Waals surface area contributed by atoms with Gasteiger partial charge in [-0.3, -0.25) is 4.90 Å². The molecule has 0 aromatic heterocycles. The molecule has 0 amide bonds. The molecule has 0 N–H and O–H groups in total. The highest BCUT2D eigenvalue weighted by molar-refractivity contribution is 4.78. The molecule has 0 aromatic carbocycles. The van der Waals surface area contributed by atoms with E-state index in [1.54, 1.807) is 0 Å². The molecule has 2 nitrogen and oxygen atoms in total. The van der Waals surface area contributed by atoms with Crippen LogP contribution in [0, 0.1) is 5.92 Å². The lowest BCUT2D eigenvalue weighted by atomic mass is 10.1. The van der Waals surface area contributed by atoms with E-state index in [0.29, 0.717) is 0 Å². The molecule has 1 rings (SSSR count). The summed E-state index contributed by atoms with van der Waals surface area (Å²) in [5.41, 5.74) is 0. The lowest BCUT2D eigenvalue weighted by molar-refractivity contribution is 0.0806. The first kappa shape index (κ1) is 11.0. The molecule has 1 atom stereocenters. The van der Waals surface area contributed by atoms with E-state index in [1.165, 1.54) is 32.7 Å². The molecule has 0 aliphatic carbocycles. The van der Waals surface area contributed by atoms with Crippen molar-refractivity contribution in [2.45, 2.75) is 33.7 Å². The maximum atomic E-state index is 2.60. The summed E-state index contributed by atoms with van der Waals surface area (Å²) in [4.78, 5) is 5.16. The Morgan fingerprint density at radius 1 is 1.31 bits per heavy atom. The topological polar surface area (TPSA) is 6.48 Å². The van der Waals surface area contributed by atoms with Gasteiger partial charge in [0, 0.05) is 32.2 Å². The lowest BCUT2D eigenvalue weighted by Gasteiger charge is -2.39. The van der Waals surface area contributed by atoms with Gasteiger partial charge in [0.15, 0.2) is 0 Å². The van der Waals surface area contributed by atoms with Gasteiger partial charge in [-0.25, -0.2) is 0 Å². The van der Waals surface area contributed by atoms with Crippen molar-refractivity contribution in [3.8, 4) is 0 Å². The van der Waals surface area contributed by atoms with Crippen LogP contribution in [-0.2, 0) is 0 Å². The highest BCUT2D eigenvalue weighted by atomic mass is 15.3. The summed E-state index contributed by atoms with van der Waals surface area (Å²) in [7, 11) is 0. The van der Waals surface area contributed by atoms with E-state index in [0.717, 1.165) is 12.0 Å². The van der Waals surface area contributed by atoms with Crippen LogP contribution >= 0.6 is 0 Å². The van der Waals surface area contributed by atoms with E-state index in [4.69, 9.17) is 0 Å². The summed E-state index contributed by atoms with van der Waals surface area (Å²) < 4.78 is 0. The van der Waals surface area contributed by atoms with Crippen LogP contribution in [0.15, 0.2) is 0 Å². The SMILES string of the molecule is CCN1CCN(CC(C)C)C[C@H]1C. The largest absolute Gasteiger partial charge is 0.300 e. The fraction of sp³-hybridized carbons (Fsp3) is 1.00. The number of likely N-dealkylation sites (N-methyl/N-ethyl adjacent to an activating group) is 1. The van der Waals surface area contributed by atoms with Gasteiger partial charge in [-0.2, -0.15) is 0 Å². The number of nitrogens with zero attached hydrogens (tertiary/aromatic N) is 2. The normalized spacial score (nSPS) is 27.0. The maximum absolute atomic E-state index is 2.60. The van der Waals surface area contributed by atoms with Gasteiger partial charge in [-0.15, -0.1) is 0 Å². The molecular weight excluding hydrogens is 160 g/mol. The second kappa shape index (κ2) is 4.97. The number of rotatable bonds is 3. The van der Waals surface area contributed by atoms with Crippen molar-refractivity contribution in [2.75, 3.05) is 32.7 Å². The van der Waals surface area contributed by atoms with Gasteiger partial charge in [-0.1, -0.05) is 20.8 Å². The summed E-state index contributed by atoms with van der Waals surface area (Å²) in [5.74, 6) is 0.806. The predicted octanol–water partition coefficient (Wildman–Crippen LogP) is 1.67. The Bertz CT molecular complexity index is 145. The highest BCUT2D eigenvalue weighted by Gasteiger charge is 2.22. The second-order valence-corrected chi connectivity index (χ2v) is 4.63. The number of hydrogen-bond donors (Lipinski definition) is 0. The average Bonchev–Trinajstić information content (AvgIpc) is 2.03. The Balaban J connectivity index is 2.32. The van der Waals surface area contributed by atoms with E-state index < -0.39 is 0 Å². The quantitative estimate of drug-likeness (QED) is 0.658. The van der Waals surface area contributed by atoms with Gasteiger partial charge < -0.3 is 4.90 Å². The smallest absolute Gasteiger partial charge is 0.0195 e. The monoisotopic (exact) mass is 184 g/mol. The number of hydrogen-bond acceptors (Lipinski definition) is 2. The zero-order chi connectivity index (χ0) is 9.84. The molecule has 1 fully saturated rings. The minimum absolute atomic E-state index is 0.748. The van der Waals surface area contributed by atoms with Crippen molar-refractivity contribution >= 4 is 0 Å². The zero-order valence-electron chi connectivity index (χ0n) is 9.58. The van der Waals surface area contributed by atoms with Crippen molar-refractivity contribution in [1.82, 2.24) is 9.80 Å². The summed E-state index contributed by atoms with van der Waals surface area (Å²) in [6.07, 6.45) is 0. The van der Waals surface area contributed by atoms with Crippen molar-refractivity contribution in [3.05, 3.63) is 0 Å². The Kier molecular flexibility index (Phi) is 4.20. The van der Waals surface area contributed by atoms with Crippen LogP contribution in [0.4, 0.5) is 0 Å². The predicted molar refractivity (Wildman–Crippen MR) is 58.0 cm³/mol. The Hall–Kier alpha value is -0.0800. The summed E-state index contributed by atoms with van der Waals surface area (Å²) in [5, 5.41) is 0. The Morgan fingerprint density at radius 3 is 2.46 bits per heavy atom. The second-order valence-electron chi connectivity index (χ2n) is 4.63. The molecule has 0 bridgehead atoms. The highest BCUT2D eigenvalue weighted by Crippen LogP contribution is 2.10. The van der Waals surface area contributed by atoms with E-state index in [2.05, 4.69) is 37.5 Å². The van der Waals surface area contributed by atoms with Crippen molar-refractivity contribution in [1.29, 1.82) is 0 Å². The summed E-state index contributed by atoms with van der Waals surface area (Å²) in [6.45, 7) is 15.4. The minimum Gasteiger partial charge on any atom is -0.300 e. The third kappa shape index (κ3) is 3.28. The molecule has 0 saturated carbocycles. The van der Waals surface area contributed by atoms with Crippen molar-refractivity contribution < 1.29 is 0 Å².